The molecule has 31 heavy (non-hydrogen) atoms. The third kappa shape index (κ3) is 2.20. The number of rotatable bonds is 2. The minimum absolute atomic E-state index is 0.332. The third-order valence-corrected chi connectivity index (χ3v) is 7.06. The zero-order valence-corrected chi connectivity index (χ0v) is 17.6. The van der Waals surface area contributed by atoms with E-state index in [-0.39, 0.29) is 0 Å². The lowest BCUT2D eigenvalue weighted by atomic mass is 9.71. The largest absolute Gasteiger partial charge is 0.497 e. The number of benzene rings is 1. The Morgan fingerprint density at radius 3 is 2.71 bits per heavy atom. The highest BCUT2D eigenvalue weighted by Gasteiger charge is 2.78. The van der Waals surface area contributed by atoms with Crippen molar-refractivity contribution in [3.63, 3.8) is 0 Å². The van der Waals surface area contributed by atoms with Gasteiger partial charge in [0.1, 0.15) is 23.3 Å². The Hall–Kier alpha value is -2.91. The molecule has 1 aromatic rings. The van der Waals surface area contributed by atoms with Gasteiger partial charge < -0.3 is 25.2 Å². The average Bonchev–Trinajstić information content (AvgIpc) is 3.37. The number of carbonyl (C=O) groups is 3. The molecule has 3 N–H and O–H groups in total. The van der Waals surface area contributed by atoms with Crippen LogP contribution in [0.1, 0.15) is 32.3 Å². The molecule has 4 aliphatic heterocycles. The lowest BCUT2D eigenvalue weighted by Gasteiger charge is -2.45. The number of carbonyl (C=O) groups excluding carboxylic acids is 3. The number of ether oxygens (including phenoxy) is 1. The smallest absolute Gasteiger partial charge is 0.279 e. The number of amides is 3. The molecule has 3 amide bonds. The molecule has 0 saturated carbocycles. The van der Waals surface area contributed by atoms with Crippen LogP contribution in [0.3, 0.4) is 0 Å². The lowest BCUT2D eigenvalue weighted by Crippen LogP contribution is -2.72. The van der Waals surface area contributed by atoms with Crippen LogP contribution in [0.5, 0.6) is 5.75 Å². The first kappa shape index (κ1) is 20.0. The first-order valence-electron chi connectivity index (χ1n) is 10.4. The normalized spacial score (nSPS) is 35.8. The molecular weight excluding hydrogens is 402 g/mol. The maximum atomic E-state index is 13.5. The predicted molar refractivity (Wildman–Crippen MR) is 109 cm³/mol. The zero-order chi connectivity index (χ0) is 22.3. The number of anilines is 1. The Bertz CT molecular complexity index is 1050. The molecule has 4 aliphatic rings. The number of piperazine rings is 1. The fourth-order valence-electron chi connectivity index (χ4n) is 5.74. The van der Waals surface area contributed by atoms with Crippen LogP contribution in [-0.2, 0) is 19.8 Å². The average molecular weight is 427 g/mol. The van der Waals surface area contributed by atoms with Gasteiger partial charge in [0.05, 0.1) is 13.2 Å². The highest BCUT2D eigenvalue weighted by molar-refractivity contribution is 6.12. The van der Waals surface area contributed by atoms with Crippen LogP contribution in [0.2, 0.25) is 0 Å². The Labute approximate surface area is 179 Å². The third-order valence-electron chi connectivity index (χ3n) is 7.06. The summed E-state index contributed by atoms with van der Waals surface area (Å²) in [6, 6.07) is 3.18. The SMILES string of the molecule is COc1ccc2c(c1)NC(=O)C21C(C=C(C)C)N2C(=O)C3CCCN3C(=O)C2(O)C1O. The van der Waals surface area contributed by atoms with Gasteiger partial charge in [-0.25, -0.2) is 0 Å². The minimum Gasteiger partial charge on any atom is -0.497 e. The fraction of sp³-hybridized carbons (Fsp3) is 0.500. The van der Waals surface area contributed by atoms with Gasteiger partial charge in [0, 0.05) is 18.3 Å². The number of methoxy groups -OCH3 is 1. The second-order valence-electron chi connectivity index (χ2n) is 8.92. The molecule has 5 rings (SSSR count). The van der Waals surface area contributed by atoms with Gasteiger partial charge in [-0.05, 0) is 38.3 Å². The second-order valence-corrected chi connectivity index (χ2v) is 8.92. The van der Waals surface area contributed by atoms with Gasteiger partial charge in [-0.15, -0.1) is 0 Å². The van der Waals surface area contributed by atoms with Gasteiger partial charge in [0.2, 0.25) is 17.5 Å². The highest BCUT2D eigenvalue weighted by Crippen LogP contribution is 2.56. The summed E-state index contributed by atoms with van der Waals surface area (Å²) < 4.78 is 5.24. The van der Waals surface area contributed by atoms with Gasteiger partial charge >= 0.3 is 0 Å². The predicted octanol–water partition coefficient (Wildman–Crippen LogP) is 0.116. The van der Waals surface area contributed by atoms with E-state index in [0.29, 0.717) is 36.4 Å². The summed E-state index contributed by atoms with van der Waals surface area (Å²) in [4.78, 5) is 42.8. The van der Waals surface area contributed by atoms with E-state index in [4.69, 9.17) is 4.74 Å². The van der Waals surface area contributed by atoms with E-state index in [0.717, 1.165) is 10.5 Å². The van der Waals surface area contributed by atoms with E-state index in [1.165, 1.54) is 12.0 Å². The number of allylic oxidation sites excluding steroid dienone is 1. The van der Waals surface area contributed by atoms with Crippen LogP contribution < -0.4 is 10.1 Å². The van der Waals surface area contributed by atoms with Crippen LogP contribution >= 0.6 is 0 Å². The van der Waals surface area contributed by atoms with Crippen molar-refractivity contribution in [2.24, 2.45) is 0 Å². The Balaban J connectivity index is 1.78. The lowest BCUT2D eigenvalue weighted by molar-refractivity contribution is -0.206. The van der Waals surface area contributed by atoms with E-state index in [9.17, 15) is 24.6 Å². The van der Waals surface area contributed by atoms with Crippen LogP contribution in [0.15, 0.2) is 29.8 Å². The van der Waals surface area contributed by atoms with E-state index in [1.807, 2.05) is 0 Å². The maximum Gasteiger partial charge on any atom is 0.279 e. The van der Waals surface area contributed by atoms with Crippen LogP contribution in [0.25, 0.3) is 0 Å². The molecular formula is C22H25N3O6. The van der Waals surface area contributed by atoms with Gasteiger partial charge in [-0.2, -0.15) is 0 Å². The summed E-state index contributed by atoms with van der Waals surface area (Å²) in [7, 11) is 1.50. The van der Waals surface area contributed by atoms with Crippen molar-refractivity contribution in [2.45, 2.75) is 56.0 Å². The van der Waals surface area contributed by atoms with Crippen LogP contribution in [0.4, 0.5) is 5.69 Å². The van der Waals surface area contributed by atoms with Crippen molar-refractivity contribution in [1.29, 1.82) is 0 Å². The van der Waals surface area contributed by atoms with Gasteiger partial charge in [0.15, 0.2) is 0 Å². The molecule has 3 fully saturated rings. The van der Waals surface area contributed by atoms with Crippen molar-refractivity contribution in [2.75, 3.05) is 19.0 Å². The molecule has 9 heteroatoms. The van der Waals surface area contributed by atoms with E-state index in [1.54, 1.807) is 38.1 Å². The van der Waals surface area contributed by atoms with Gasteiger partial charge in [0.25, 0.3) is 5.91 Å². The van der Waals surface area contributed by atoms with Crippen molar-refractivity contribution in [3.05, 3.63) is 35.4 Å². The summed E-state index contributed by atoms with van der Waals surface area (Å²) in [6.07, 6.45) is 0.953. The van der Waals surface area contributed by atoms with E-state index in [2.05, 4.69) is 5.32 Å². The summed E-state index contributed by atoms with van der Waals surface area (Å²) in [5.41, 5.74) is -2.66. The van der Waals surface area contributed by atoms with E-state index >= 15 is 0 Å². The molecule has 9 nitrogen and oxygen atoms in total. The maximum absolute atomic E-state index is 13.5. The number of aliphatic hydroxyl groups is 2. The zero-order valence-electron chi connectivity index (χ0n) is 17.6. The molecule has 0 bridgehead atoms. The van der Waals surface area contributed by atoms with Crippen LogP contribution in [0, 0.1) is 0 Å². The molecule has 5 unspecified atom stereocenters. The molecule has 3 saturated heterocycles. The number of nitrogens with one attached hydrogen (secondary N) is 1. The molecule has 0 aliphatic carbocycles. The Morgan fingerprint density at radius 1 is 1.29 bits per heavy atom. The number of hydrogen-bond acceptors (Lipinski definition) is 6. The molecule has 1 aromatic carbocycles. The first-order valence-corrected chi connectivity index (χ1v) is 10.4. The minimum atomic E-state index is -2.53. The Morgan fingerprint density at radius 2 is 2.03 bits per heavy atom. The van der Waals surface area contributed by atoms with Gasteiger partial charge in [-0.1, -0.05) is 17.7 Å². The summed E-state index contributed by atoms with van der Waals surface area (Å²) in [5, 5.41) is 26.0. The molecule has 4 heterocycles. The molecule has 164 valence electrons. The number of fused-ring (bicyclic) bond motifs is 4. The van der Waals surface area contributed by atoms with E-state index < -0.39 is 47.0 Å². The van der Waals surface area contributed by atoms with Crippen molar-refractivity contribution >= 4 is 23.4 Å². The standard InChI is InChI=1S/C22H25N3O6/c1-11(2)9-16-21(13-7-6-12(31-3)10-14(13)23-19(21)28)18(27)22(30)20(29)24-8-4-5-15(24)17(26)25(16)22/h6-7,9-10,15-16,18,27,30H,4-5,8H2,1-3H3,(H,23,28). The highest BCUT2D eigenvalue weighted by atomic mass is 16.5. The van der Waals surface area contributed by atoms with Crippen molar-refractivity contribution in [3.8, 4) is 5.75 Å². The van der Waals surface area contributed by atoms with Gasteiger partial charge in [-0.3, -0.25) is 19.3 Å². The molecule has 0 aromatic heterocycles. The summed E-state index contributed by atoms with van der Waals surface area (Å²) in [5.74, 6) is -1.26. The number of nitrogens with zero attached hydrogens (tertiary/aromatic N) is 2. The van der Waals surface area contributed by atoms with Crippen molar-refractivity contribution in [1.82, 2.24) is 9.80 Å². The molecule has 0 radical (unpaired) electrons. The second kappa shape index (κ2) is 6.30. The topological polar surface area (TPSA) is 119 Å². The monoisotopic (exact) mass is 427 g/mol. The fourth-order valence-corrected chi connectivity index (χ4v) is 5.74. The van der Waals surface area contributed by atoms with Crippen molar-refractivity contribution < 1.29 is 29.3 Å². The van der Waals surface area contributed by atoms with Crippen LogP contribution in [-0.4, -0.2) is 75.3 Å². The quantitative estimate of drug-likeness (QED) is 0.577. The first-order chi connectivity index (χ1) is 14.7. The Kier molecular flexibility index (Phi) is 4.07. The number of aliphatic hydroxyl groups excluding tert-OH is 1. The molecule has 5 atom stereocenters. The summed E-state index contributed by atoms with van der Waals surface area (Å²) in [6.45, 7) is 3.94. The number of hydrogen-bond donors (Lipinski definition) is 3. The molecule has 1 spiro atoms. The summed E-state index contributed by atoms with van der Waals surface area (Å²) >= 11 is 0.